The average molecular weight is 2520 g/mol. The number of aromatic nitrogens is 8. The number of thiazole rings is 8. The number of aliphatic hydroxyl groups is 2. The van der Waals surface area contributed by atoms with Gasteiger partial charge in [-0.3, -0.25) is 0 Å². The summed E-state index contributed by atoms with van der Waals surface area (Å²) in [5.41, 5.74) is 30.5. The molecule has 0 aliphatic heterocycles. The topological polar surface area (TPSA) is 398 Å². The third-order valence-corrected chi connectivity index (χ3v) is 34.0. The SMILES string of the molecule is Nc1ccc2nc(-c3ccc(O)cc3)sc2c1.Nc1ccc2nc(-c3ccc(O)cc3)sc2c1I.OCc1ccc2nc(-c3ccc(O)c(I)c3)sc2c1.OCc1ccc2nc(-c3ccc(O)cc3)sc2c1.Oc1ccc(-c2nc3ccc(Br)cc3s2)cc1I.Oc1ccc(-c2nc3ccc(O)cc3s2)cc1.Oc1ccc(-c2nc3ccccc3s2)cc1.Oc1ccc2nc(-c3ccc(O)c(I)c3)sc2c1. The van der Waals surface area contributed by atoms with Gasteiger partial charge < -0.3 is 72.7 Å². The number of nitrogen functional groups attached to an aromatic ring is 2. The van der Waals surface area contributed by atoms with Crippen molar-refractivity contribution in [1.82, 2.24) is 39.9 Å². The predicted molar refractivity (Wildman–Crippen MR) is 616 cm³/mol. The Kier molecular flexibility index (Phi) is 32.4. The smallest absolute Gasteiger partial charge is 0.128 e. The average Bonchev–Trinajstić information content (AvgIpc) is 1.66. The summed E-state index contributed by atoms with van der Waals surface area (Å²) >= 11 is 24.8. The number of hydrogen-bond donors (Lipinski definition) is 14. The number of phenolic OH excluding ortho intramolecular Hbond substituents is 10. The molecule has 24 rings (SSSR count). The summed E-state index contributed by atoms with van der Waals surface area (Å²) < 4.78 is 13.1. The predicted octanol–water partition coefficient (Wildman–Crippen LogP) is 30.1. The van der Waals surface area contributed by atoms with Crippen molar-refractivity contribution < 1.29 is 61.3 Å². The van der Waals surface area contributed by atoms with Gasteiger partial charge in [0.05, 0.1) is 109 Å². The highest BCUT2D eigenvalue weighted by Gasteiger charge is 2.18. The Hall–Kier alpha value is -12.4. The van der Waals surface area contributed by atoms with Gasteiger partial charge in [0.1, 0.15) is 97.6 Å². The Labute approximate surface area is 899 Å². The van der Waals surface area contributed by atoms with Crippen molar-refractivity contribution in [2.75, 3.05) is 11.5 Å². The standard InChI is InChI=1S/C14H10INO2S.C14H11NO2S.C13H7BrINOS.C13H9IN2OS.C13H8INO2S.C13H10N2OS.C13H9NO2S.C13H9NOS/c15-10-6-9(2-4-12(10)18)14-16-11-3-1-8(7-17)5-13(11)19-14;16-8-9-1-6-12-13(7-9)18-14(15-12)10-2-4-11(17)5-3-10;14-8-2-3-10-12(6-8)18-13(16-10)7-1-4-11(17)9(15)5-7;14-11-9(15)5-6-10-12(11)18-13(16-10)7-1-3-8(17)4-2-7;14-9-5-7(1-4-11(9)17)13-15-10-3-2-8(16)6-12(10)18-13;14-9-3-6-11-12(7-9)17-13(15-11)8-1-4-10(16)5-2-8;15-9-3-1-8(2-4-9)13-14-11-6-5-10(16)7-12(11)17-13;15-10-7-5-9(6-8-10)13-14-11-3-1-2-4-12(11)16-13/h1-6,17-18H,7H2;1-7,16-17H,8H2;1-6,17H;1-6,17H,15H2;1-6,16-17H;1-7,16H,14H2;1-7,15-16H;1-8,15H. The molecule has 8 heterocycles. The molecule has 0 radical (unpaired) electrons. The van der Waals surface area contributed by atoms with Crippen molar-refractivity contribution in [3.05, 3.63) is 351 Å². The van der Waals surface area contributed by atoms with Crippen molar-refractivity contribution >= 4 is 290 Å². The van der Waals surface area contributed by atoms with Crippen LogP contribution in [0, 0.1) is 14.3 Å². The van der Waals surface area contributed by atoms with Crippen LogP contribution in [0.15, 0.2) is 326 Å². The van der Waals surface area contributed by atoms with Crippen molar-refractivity contribution in [2.24, 2.45) is 0 Å². The molecule has 141 heavy (non-hydrogen) atoms. The first-order valence-corrected chi connectivity index (χ1v) is 53.8. The minimum absolute atomic E-state index is 0.0419. The summed E-state index contributed by atoms with van der Waals surface area (Å²) in [7, 11) is 0. The largest absolute Gasteiger partial charge is 0.508 e. The number of nitrogens with two attached hydrogens (primary N) is 2. The Morgan fingerprint density at radius 2 is 0.496 bits per heavy atom. The van der Waals surface area contributed by atoms with Gasteiger partial charge in [0.25, 0.3) is 0 Å². The highest BCUT2D eigenvalue weighted by atomic mass is 127. The Morgan fingerprint density at radius 1 is 0.234 bits per heavy atom. The van der Waals surface area contributed by atoms with Gasteiger partial charge in [-0.15, -0.1) is 90.7 Å². The number of rotatable bonds is 10. The molecule has 0 saturated heterocycles. The Morgan fingerprint density at radius 3 is 0.844 bits per heavy atom. The molecule has 24 aromatic rings. The van der Waals surface area contributed by atoms with Gasteiger partial charge in [0, 0.05) is 60.4 Å². The van der Waals surface area contributed by atoms with Crippen LogP contribution < -0.4 is 11.5 Å². The zero-order valence-electron chi connectivity index (χ0n) is 72.8. The van der Waals surface area contributed by atoms with Crippen molar-refractivity contribution in [1.29, 1.82) is 0 Å². The molecule has 35 heteroatoms. The van der Waals surface area contributed by atoms with E-state index in [4.69, 9.17) is 21.7 Å². The third-order valence-electron chi connectivity index (χ3n) is 20.8. The maximum absolute atomic E-state index is 9.55. The minimum Gasteiger partial charge on any atom is -0.508 e. The number of hydrogen-bond acceptors (Lipinski definition) is 30. The van der Waals surface area contributed by atoms with Gasteiger partial charge in [-0.25, -0.2) is 39.9 Å². The van der Waals surface area contributed by atoms with Crippen LogP contribution in [0.2, 0.25) is 0 Å². The number of aromatic hydroxyl groups is 10. The molecule has 0 saturated carbocycles. The number of aliphatic hydroxyl groups excluding tert-OH is 2. The number of phenols is 10. The van der Waals surface area contributed by atoms with Crippen LogP contribution in [0.5, 0.6) is 57.5 Å². The fourth-order valence-corrected chi connectivity index (χ4v) is 24.5. The van der Waals surface area contributed by atoms with Crippen LogP contribution in [0.4, 0.5) is 11.4 Å². The summed E-state index contributed by atoms with van der Waals surface area (Å²) in [6.07, 6.45) is 0. The number of anilines is 2. The second kappa shape index (κ2) is 45.6. The van der Waals surface area contributed by atoms with Crippen molar-refractivity contribution in [2.45, 2.75) is 13.2 Å². The van der Waals surface area contributed by atoms with Gasteiger partial charge in [0.15, 0.2) is 0 Å². The molecule has 0 bridgehead atoms. The first-order chi connectivity index (χ1) is 68.1. The minimum atomic E-state index is 0.0419. The fourth-order valence-electron chi connectivity index (χ4n) is 13.6. The summed E-state index contributed by atoms with van der Waals surface area (Å²) in [5.74, 6) is 2.67. The summed E-state index contributed by atoms with van der Waals surface area (Å²) in [4.78, 5) is 36.4. The lowest BCUT2D eigenvalue weighted by atomic mass is 10.2. The van der Waals surface area contributed by atoms with E-state index in [2.05, 4.69) is 158 Å². The summed E-state index contributed by atoms with van der Waals surface area (Å²) in [6.45, 7) is 0.0860. The Balaban J connectivity index is 0.000000111. The lowest BCUT2D eigenvalue weighted by Gasteiger charge is -1.99. The molecule has 702 valence electrons. The highest BCUT2D eigenvalue weighted by Crippen LogP contribution is 2.43. The monoisotopic (exact) mass is 2520 g/mol. The number of nitrogens with zero attached hydrogens (tertiary/aromatic N) is 8. The van der Waals surface area contributed by atoms with E-state index in [0.29, 0.717) is 5.75 Å². The van der Waals surface area contributed by atoms with Gasteiger partial charge in [-0.2, -0.15) is 0 Å². The number of fused-ring (bicyclic) bond motifs is 8. The first-order valence-electron chi connectivity index (χ1n) is 42.2. The maximum atomic E-state index is 9.55. The van der Waals surface area contributed by atoms with Crippen LogP contribution in [-0.4, -0.2) is 101 Å². The molecule has 0 spiro atoms. The van der Waals surface area contributed by atoms with E-state index in [1.807, 2.05) is 194 Å². The molecule has 0 amide bonds. The van der Waals surface area contributed by atoms with Crippen LogP contribution >= 0.6 is 197 Å². The maximum Gasteiger partial charge on any atom is 0.128 e. The molecule has 0 aliphatic rings. The lowest BCUT2D eigenvalue weighted by molar-refractivity contribution is 0.282. The number of halogens is 5. The molecule has 22 nitrogen and oxygen atoms in total. The van der Waals surface area contributed by atoms with Crippen LogP contribution in [-0.2, 0) is 13.2 Å². The second-order valence-corrected chi connectivity index (χ2v) is 44.4. The normalized spacial score (nSPS) is 10.9. The van der Waals surface area contributed by atoms with Gasteiger partial charge in [-0.05, 0) is 399 Å². The zero-order chi connectivity index (χ0) is 98.6. The molecule has 16 aromatic carbocycles. The van der Waals surface area contributed by atoms with Crippen molar-refractivity contribution in [3.8, 4) is 142 Å². The molecular formula is C106H73BrI4N10O12S8. The van der Waals surface area contributed by atoms with E-state index in [0.717, 1.165) is 203 Å². The fraction of sp³-hybridized carbons (Fsp3) is 0.0189. The first kappa shape index (κ1) is 100. The van der Waals surface area contributed by atoms with Crippen LogP contribution in [0.3, 0.4) is 0 Å². The molecule has 16 N–H and O–H groups in total. The summed E-state index contributed by atoms with van der Waals surface area (Å²) in [5, 5.41) is 119. The molecule has 0 fully saturated rings. The summed E-state index contributed by atoms with van der Waals surface area (Å²) in [6, 6.07) is 97.0. The van der Waals surface area contributed by atoms with Crippen LogP contribution in [0.1, 0.15) is 11.1 Å². The van der Waals surface area contributed by atoms with Gasteiger partial charge >= 0.3 is 0 Å². The number of para-hydroxylation sites is 1. The lowest BCUT2D eigenvalue weighted by Crippen LogP contribution is -1.87. The molecule has 0 atom stereocenters. The van der Waals surface area contributed by atoms with E-state index in [9.17, 15) is 51.1 Å². The van der Waals surface area contributed by atoms with Crippen molar-refractivity contribution in [3.63, 3.8) is 0 Å². The van der Waals surface area contributed by atoms with Gasteiger partial charge in [0.2, 0.25) is 0 Å². The Bertz CT molecular complexity index is 8330. The third kappa shape index (κ3) is 25.2. The molecule has 0 unspecified atom stereocenters. The zero-order valence-corrected chi connectivity index (χ0v) is 89.5. The van der Waals surface area contributed by atoms with E-state index in [1.54, 1.807) is 183 Å². The number of benzene rings is 16. The molecule has 8 aromatic heterocycles. The van der Waals surface area contributed by atoms with Crippen LogP contribution in [0.25, 0.3) is 166 Å². The van der Waals surface area contributed by atoms with E-state index < -0.39 is 0 Å². The van der Waals surface area contributed by atoms with E-state index in [-0.39, 0.29) is 65.0 Å². The quantitative estimate of drug-likeness (QED) is 0.0447. The molecule has 0 aliphatic carbocycles. The second-order valence-electron chi connectivity index (χ2n) is 30.7. The van der Waals surface area contributed by atoms with E-state index >= 15 is 0 Å². The highest BCUT2D eigenvalue weighted by molar-refractivity contribution is 14.1. The van der Waals surface area contributed by atoms with E-state index in [1.165, 1.54) is 27.4 Å². The van der Waals surface area contributed by atoms with Gasteiger partial charge in [-0.1, -0.05) is 40.2 Å². The molecular weight excluding hydrogens is 2450 g/mol.